The average molecular weight is 337 g/mol. The van der Waals surface area contributed by atoms with Crippen molar-refractivity contribution in [3.63, 3.8) is 0 Å². The van der Waals surface area contributed by atoms with E-state index in [-0.39, 0.29) is 11.4 Å². The summed E-state index contributed by atoms with van der Waals surface area (Å²) in [7, 11) is 1.64. The van der Waals surface area contributed by atoms with Gasteiger partial charge in [-0.2, -0.15) is 0 Å². The smallest absolute Gasteiger partial charge is 0.334 e. The van der Waals surface area contributed by atoms with Gasteiger partial charge in [0.05, 0.1) is 4.92 Å². The van der Waals surface area contributed by atoms with Crippen LogP contribution >= 0.6 is 15.9 Å². The normalized spacial score (nSPS) is 10.2. The van der Waals surface area contributed by atoms with E-state index in [0.717, 1.165) is 10.0 Å². The van der Waals surface area contributed by atoms with Crippen LogP contribution in [-0.2, 0) is 0 Å². The lowest BCUT2D eigenvalue weighted by atomic mass is 10.2. The number of anilines is 1. The zero-order valence-electron chi connectivity index (χ0n) is 11.0. The van der Waals surface area contributed by atoms with Gasteiger partial charge in [0.1, 0.15) is 11.4 Å². The monoisotopic (exact) mass is 336 g/mol. The third-order valence-electron chi connectivity index (χ3n) is 2.82. The van der Waals surface area contributed by atoms with Gasteiger partial charge in [-0.1, -0.05) is 28.1 Å². The molecule has 0 amide bonds. The zero-order valence-corrected chi connectivity index (χ0v) is 12.6. The molecule has 0 radical (unpaired) electrons. The molecule has 1 N–H and O–H groups in total. The molecule has 0 aliphatic heterocycles. The van der Waals surface area contributed by atoms with Crippen LogP contribution in [0, 0.1) is 17.0 Å². The fraction of sp³-hybridized carbons (Fsp3) is 0.143. The van der Waals surface area contributed by atoms with Gasteiger partial charge < -0.3 is 10.1 Å². The van der Waals surface area contributed by atoms with Gasteiger partial charge in [0, 0.05) is 11.5 Å². The van der Waals surface area contributed by atoms with Crippen molar-refractivity contribution >= 4 is 27.3 Å². The van der Waals surface area contributed by atoms with E-state index in [2.05, 4.69) is 21.2 Å². The number of aryl methyl sites for hydroxylation is 1. The highest BCUT2D eigenvalue weighted by Gasteiger charge is 2.21. The molecule has 0 saturated heterocycles. The first kappa shape index (κ1) is 14.3. The largest absolute Gasteiger partial charge is 0.450 e. The van der Waals surface area contributed by atoms with Crippen molar-refractivity contribution < 1.29 is 9.66 Å². The van der Waals surface area contributed by atoms with Crippen LogP contribution in [0.5, 0.6) is 11.5 Å². The van der Waals surface area contributed by atoms with Crippen molar-refractivity contribution in [2.24, 2.45) is 0 Å². The molecule has 104 valence electrons. The molecule has 0 aliphatic carbocycles. The summed E-state index contributed by atoms with van der Waals surface area (Å²) in [6.45, 7) is 1.88. The number of nitro groups is 1. The lowest BCUT2D eigenvalue weighted by Crippen LogP contribution is -1.99. The van der Waals surface area contributed by atoms with Gasteiger partial charge in [-0.05, 0) is 36.8 Å². The van der Waals surface area contributed by atoms with E-state index >= 15 is 0 Å². The van der Waals surface area contributed by atoms with E-state index in [1.54, 1.807) is 31.3 Å². The van der Waals surface area contributed by atoms with Gasteiger partial charge in [0.15, 0.2) is 0 Å². The second kappa shape index (κ2) is 5.92. The minimum absolute atomic E-state index is 0.0747. The zero-order chi connectivity index (χ0) is 14.7. The molecule has 5 nitrogen and oxygen atoms in total. The molecule has 0 spiro atoms. The molecule has 0 bridgehead atoms. The molecular formula is C14H13BrN2O3. The summed E-state index contributed by atoms with van der Waals surface area (Å²) in [6.07, 6.45) is 0. The summed E-state index contributed by atoms with van der Waals surface area (Å²) >= 11 is 3.36. The van der Waals surface area contributed by atoms with Crippen LogP contribution in [0.1, 0.15) is 5.56 Å². The summed E-state index contributed by atoms with van der Waals surface area (Å²) in [5, 5.41) is 14.0. The fourth-order valence-electron chi connectivity index (χ4n) is 1.80. The highest BCUT2D eigenvalue weighted by molar-refractivity contribution is 9.10. The van der Waals surface area contributed by atoms with E-state index in [0.29, 0.717) is 11.4 Å². The molecule has 0 aliphatic rings. The van der Waals surface area contributed by atoms with Crippen molar-refractivity contribution in [3.8, 4) is 11.5 Å². The number of ether oxygens (including phenoxy) is 1. The predicted molar refractivity (Wildman–Crippen MR) is 81.6 cm³/mol. The van der Waals surface area contributed by atoms with E-state index in [1.165, 1.54) is 0 Å². The maximum atomic E-state index is 11.2. The summed E-state index contributed by atoms with van der Waals surface area (Å²) in [4.78, 5) is 10.8. The number of nitro benzene ring substituents is 1. The molecule has 2 aromatic carbocycles. The first-order chi connectivity index (χ1) is 9.52. The Bertz CT molecular complexity index is 659. The first-order valence-electron chi connectivity index (χ1n) is 5.92. The van der Waals surface area contributed by atoms with E-state index in [4.69, 9.17) is 4.74 Å². The Morgan fingerprint density at radius 1 is 1.25 bits per heavy atom. The summed E-state index contributed by atoms with van der Waals surface area (Å²) < 4.78 is 6.57. The maximum Gasteiger partial charge on any atom is 0.334 e. The molecule has 6 heteroatoms. The maximum absolute atomic E-state index is 11.2. The number of halogens is 1. The number of nitrogens with zero attached hydrogens (tertiary/aromatic N) is 1. The Hall–Kier alpha value is -2.08. The molecule has 0 atom stereocenters. The van der Waals surface area contributed by atoms with E-state index < -0.39 is 4.92 Å². The number of hydrogen-bond donors (Lipinski definition) is 1. The third-order valence-corrected chi connectivity index (χ3v) is 3.31. The van der Waals surface area contributed by atoms with Crippen molar-refractivity contribution in [2.75, 3.05) is 12.4 Å². The van der Waals surface area contributed by atoms with Crippen LogP contribution in [0.15, 0.2) is 40.9 Å². The Balaban J connectivity index is 2.48. The molecule has 2 rings (SSSR count). The van der Waals surface area contributed by atoms with Crippen LogP contribution in [0.3, 0.4) is 0 Å². The Kier molecular flexibility index (Phi) is 4.24. The predicted octanol–water partition coefficient (Wildman–Crippen LogP) is 4.50. The Morgan fingerprint density at radius 2 is 2.00 bits per heavy atom. The molecule has 2 aromatic rings. The minimum Gasteiger partial charge on any atom is -0.450 e. The van der Waals surface area contributed by atoms with E-state index in [1.807, 2.05) is 19.1 Å². The van der Waals surface area contributed by atoms with Crippen molar-refractivity contribution in [2.45, 2.75) is 6.92 Å². The van der Waals surface area contributed by atoms with Gasteiger partial charge in [0.2, 0.25) is 5.75 Å². The minimum atomic E-state index is -0.450. The van der Waals surface area contributed by atoms with Crippen LogP contribution < -0.4 is 10.1 Å². The SMILES string of the molecule is CNc1cccc(Oc2cc(Br)ccc2C)c1[N+](=O)[O-]. The molecular weight excluding hydrogens is 324 g/mol. The second-order valence-corrected chi connectivity index (χ2v) is 5.09. The molecule has 0 unspecified atom stereocenters. The molecule has 20 heavy (non-hydrogen) atoms. The van der Waals surface area contributed by atoms with Gasteiger partial charge in [0.25, 0.3) is 0 Å². The third kappa shape index (κ3) is 2.91. The topological polar surface area (TPSA) is 64.4 Å². The van der Waals surface area contributed by atoms with Crippen LogP contribution in [0.2, 0.25) is 0 Å². The van der Waals surface area contributed by atoms with Gasteiger partial charge in [-0.3, -0.25) is 10.1 Å². The molecule has 0 fully saturated rings. The van der Waals surface area contributed by atoms with Gasteiger partial charge >= 0.3 is 5.69 Å². The molecule has 0 aromatic heterocycles. The summed E-state index contributed by atoms with van der Waals surface area (Å²) in [6, 6.07) is 10.5. The number of nitrogens with one attached hydrogen (secondary N) is 1. The Morgan fingerprint density at radius 3 is 2.65 bits per heavy atom. The van der Waals surface area contributed by atoms with Gasteiger partial charge in [-0.25, -0.2) is 0 Å². The lowest BCUT2D eigenvalue weighted by Gasteiger charge is -2.11. The Labute approximate surface area is 124 Å². The number of hydrogen-bond acceptors (Lipinski definition) is 4. The summed E-state index contributed by atoms with van der Waals surface area (Å²) in [5.41, 5.74) is 1.24. The highest BCUT2D eigenvalue weighted by Crippen LogP contribution is 2.38. The van der Waals surface area contributed by atoms with Crippen LogP contribution in [0.25, 0.3) is 0 Å². The molecule has 0 heterocycles. The molecule has 0 saturated carbocycles. The summed E-state index contributed by atoms with van der Waals surface area (Å²) in [5.74, 6) is 0.791. The van der Waals surface area contributed by atoms with Crippen LogP contribution in [-0.4, -0.2) is 12.0 Å². The quantitative estimate of drug-likeness (QED) is 0.659. The van der Waals surface area contributed by atoms with Crippen molar-refractivity contribution in [1.82, 2.24) is 0 Å². The van der Waals surface area contributed by atoms with E-state index in [9.17, 15) is 10.1 Å². The number of rotatable bonds is 4. The second-order valence-electron chi connectivity index (χ2n) is 4.17. The van der Waals surface area contributed by atoms with Crippen LogP contribution in [0.4, 0.5) is 11.4 Å². The standard InChI is InChI=1S/C14H13BrN2O3/c1-9-6-7-10(15)8-13(9)20-12-5-3-4-11(16-2)14(12)17(18)19/h3-8,16H,1-2H3. The highest BCUT2D eigenvalue weighted by atomic mass is 79.9. The van der Waals surface area contributed by atoms with Crippen molar-refractivity contribution in [1.29, 1.82) is 0 Å². The van der Waals surface area contributed by atoms with Crippen molar-refractivity contribution in [3.05, 3.63) is 56.5 Å². The number of para-hydroxylation sites is 1. The fourth-order valence-corrected chi connectivity index (χ4v) is 2.14. The van der Waals surface area contributed by atoms with Gasteiger partial charge in [-0.15, -0.1) is 0 Å². The average Bonchev–Trinajstić information content (AvgIpc) is 2.42. The number of benzene rings is 2. The lowest BCUT2D eigenvalue weighted by molar-refractivity contribution is -0.384. The first-order valence-corrected chi connectivity index (χ1v) is 6.71.